The second kappa shape index (κ2) is 26.4. The number of phosphoric ester groups is 1. The fourth-order valence-corrected chi connectivity index (χ4v) is 9.76. The number of benzene rings is 1. The predicted molar refractivity (Wildman–Crippen MR) is 219 cm³/mol. The quantitative estimate of drug-likeness (QED) is 0.0244. The topological polar surface area (TPSA) is 172 Å². The van der Waals surface area contributed by atoms with E-state index in [-0.39, 0.29) is 18.7 Å². The van der Waals surface area contributed by atoms with Gasteiger partial charge in [0, 0.05) is 18.2 Å². The molecule has 1 aliphatic heterocycles. The number of hydrogen-bond acceptors (Lipinski definition) is 10. The lowest BCUT2D eigenvalue weighted by Gasteiger charge is -2.22. The van der Waals surface area contributed by atoms with Crippen molar-refractivity contribution in [3.63, 3.8) is 0 Å². The number of carbonyl (C=O) groups excluding carboxylic acids is 1. The summed E-state index contributed by atoms with van der Waals surface area (Å²) >= 11 is 0. The first-order valence-electron chi connectivity index (χ1n) is 20.8. The maximum absolute atomic E-state index is 14.0. The molecule has 0 saturated carbocycles. The average molecular weight is 825 g/mol. The first kappa shape index (κ1) is 47.7. The number of esters is 1. The summed E-state index contributed by atoms with van der Waals surface area (Å²) in [6.07, 6.45) is 24.0. The van der Waals surface area contributed by atoms with Crippen LogP contribution in [0.3, 0.4) is 0 Å². The number of hydrogen-bond donors (Lipinski definition) is 2. The number of aromatic amines is 1. The molecule has 15 heteroatoms. The van der Waals surface area contributed by atoms with Crippen LogP contribution in [0.1, 0.15) is 160 Å². The lowest BCUT2D eigenvalue weighted by molar-refractivity contribution is -0.134. The molecule has 0 bridgehead atoms. The highest BCUT2D eigenvalue weighted by atomic mass is 31.3. The minimum absolute atomic E-state index is 0.0810. The molecule has 2 aromatic rings. The molecular weight excluding hydrogens is 758 g/mol. The number of unbranched alkanes of at least 4 members (excludes halogenated alkanes) is 17. The Balaban J connectivity index is 1.49. The first-order chi connectivity index (χ1) is 26.9. The summed E-state index contributed by atoms with van der Waals surface area (Å²) in [7, 11) is -9.05. The summed E-state index contributed by atoms with van der Waals surface area (Å²) in [5.74, 6) is 0.0955. The van der Waals surface area contributed by atoms with E-state index in [4.69, 9.17) is 22.8 Å². The standard InChI is InChI=1S/C41H66N2O11P2/c1-4-6-8-10-12-14-16-18-20-22-30-55(47,54-56(48,49)51-33-37-28-29-38(52-37)43-31-34(3)40(45)42-41(43)46)50-32-35-24-26-36(27-25-35)53-39(44)23-21-19-17-15-13-11-9-7-5-2/h24-29,31,37-38H,4-23,30,32-33H2,1-3H3,(H,48,49)(H,42,45,46)/t37-,38+,55?/m0/s1. The van der Waals surface area contributed by atoms with E-state index < -0.39 is 45.6 Å². The van der Waals surface area contributed by atoms with E-state index in [0.717, 1.165) is 44.9 Å². The lowest BCUT2D eigenvalue weighted by Crippen LogP contribution is -2.33. The highest BCUT2D eigenvalue weighted by Crippen LogP contribution is 2.63. The van der Waals surface area contributed by atoms with E-state index in [9.17, 15) is 28.4 Å². The molecule has 1 aromatic carbocycles. The fraction of sp³-hybridized carbons (Fsp3) is 0.683. The van der Waals surface area contributed by atoms with Crippen molar-refractivity contribution in [3.8, 4) is 5.75 Å². The van der Waals surface area contributed by atoms with Gasteiger partial charge in [-0.2, -0.15) is 0 Å². The second-order valence-electron chi connectivity index (χ2n) is 14.8. The maximum atomic E-state index is 14.0. The van der Waals surface area contributed by atoms with Gasteiger partial charge in [-0.1, -0.05) is 141 Å². The van der Waals surface area contributed by atoms with E-state index in [2.05, 4.69) is 18.8 Å². The third kappa shape index (κ3) is 19.2. The average Bonchev–Trinajstić information content (AvgIpc) is 3.64. The molecule has 56 heavy (non-hydrogen) atoms. The molecule has 0 amide bonds. The number of carbonyl (C=O) groups is 1. The highest BCUT2D eigenvalue weighted by molar-refractivity contribution is 7.64. The Labute approximate surface area is 333 Å². The monoisotopic (exact) mass is 824 g/mol. The molecule has 316 valence electrons. The third-order valence-corrected chi connectivity index (χ3v) is 13.4. The van der Waals surface area contributed by atoms with Gasteiger partial charge in [0.15, 0.2) is 6.23 Å². The van der Waals surface area contributed by atoms with Gasteiger partial charge >= 0.3 is 27.1 Å². The van der Waals surface area contributed by atoms with Crippen LogP contribution >= 0.6 is 15.4 Å². The Hall–Kier alpha value is -2.63. The number of nitrogens with one attached hydrogen (secondary N) is 1. The van der Waals surface area contributed by atoms with Crippen LogP contribution in [0, 0.1) is 6.92 Å². The zero-order valence-electron chi connectivity index (χ0n) is 33.8. The Morgan fingerprint density at radius 1 is 0.786 bits per heavy atom. The molecule has 3 rings (SSSR count). The fourth-order valence-electron chi connectivity index (χ4n) is 6.38. The summed E-state index contributed by atoms with van der Waals surface area (Å²) < 4.78 is 55.8. The molecule has 13 nitrogen and oxygen atoms in total. The SMILES string of the molecule is CCCCCCCCCCCCP(=O)(OCc1ccc(OC(=O)CCCCCCCCCCC)cc1)OP(=O)(O)OC[C@@H]1C=C[C@H](n2cc(C)c(=O)[nH]c2=O)O1. The van der Waals surface area contributed by atoms with Crippen LogP contribution in [-0.2, 0) is 38.6 Å². The molecular formula is C41H66N2O11P2. The Morgan fingerprint density at radius 3 is 1.93 bits per heavy atom. The first-order valence-corrected chi connectivity index (χ1v) is 24.0. The number of H-pyrrole nitrogens is 1. The van der Waals surface area contributed by atoms with Gasteiger partial charge in [-0.15, -0.1) is 0 Å². The van der Waals surface area contributed by atoms with Gasteiger partial charge in [0.1, 0.15) is 11.9 Å². The van der Waals surface area contributed by atoms with Crippen LogP contribution < -0.4 is 16.0 Å². The lowest BCUT2D eigenvalue weighted by atomic mass is 10.1. The summed E-state index contributed by atoms with van der Waals surface area (Å²) in [5.41, 5.74) is -0.259. The molecule has 2 N–H and O–H groups in total. The Bertz CT molecular complexity index is 1670. The zero-order valence-corrected chi connectivity index (χ0v) is 35.6. The van der Waals surface area contributed by atoms with Gasteiger partial charge < -0.3 is 18.9 Å². The molecule has 0 radical (unpaired) electrons. The number of phosphoric acid groups is 1. The third-order valence-electron chi connectivity index (χ3n) is 9.71. The Morgan fingerprint density at radius 2 is 1.34 bits per heavy atom. The van der Waals surface area contributed by atoms with E-state index in [1.165, 1.54) is 81.4 Å². The highest BCUT2D eigenvalue weighted by Gasteiger charge is 2.37. The number of aryl methyl sites for hydroxylation is 1. The molecule has 2 heterocycles. The second-order valence-corrected chi connectivity index (χ2v) is 18.5. The normalized spacial score (nSPS) is 17.5. The number of aromatic nitrogens is 2. The molecule has 4 atom stereocenters. The minimum Gasteiger partial charge on any atom is -0.427 e. The van der Waals surface area contributed by atoms with Gasteiger partial charge in [-0.05, 0) is 43.5 Å². The molecule has 0 spiro atoms. The van der Waals surface area contributed by atoms with Crippen LogP contribution in [0.15, 0.2) is 52.2 Å². The van der Waals surface area contributed by atoms with Crippen molar-refractivity contribution < 1.29 is 41.6 Å². The smallest absolute Gasteiger partial charge is 0.427 e. The van der Waals surface area contributed by atoms with Crippen molar-refractivity contribution in [2.45, 2.75) is 168 Å². The summed E-state index contributed by atoms with van der Waals surface area (Å²) in [5, 5.41) is 0. The van der Waals surface area contributed by atoms with Crippen molar-refractivity contribution in [1.82, 2.24) is 9.55 Å². The molecule has 0 aliphatic carbocycles. The summed E-state index contributed by atoms with van der Waals surface area (Å²) in [4.78, 5) is 49.3. The molecule has 1 aromatic heterocycles. The van der Waals surface area contributed by atoms with Crippen molar-refractivity contribution in [2.24, 2.45) is 0 Å². The largest absolute Gasteiger partial charge is 0.479 e. The van der Waals surface area contributed by atoms with Gasteiger partial charge in [0.2, 0.25) is 0 Å². The van der Waals surface area contributed by atoms with Crippen molar-refractivity contribution in [1.29, 1.82) is 0 Å². The van der Waals surface area contributed by atoms with Gasteiger partial charge in [-0.3, -0.25) is 28.2 Å². The van der Waals surface area contributed by atoms with Crippen LogP contribution in [0.2, 0.25) is 0 Å². The van der Waals surface area contributed by atoms with Crippen LogP contribution in [0.4, 0.5) is 0 Å². The summed E-state index contributed by atoms with van der Waals surface area (Å²) in [6, 6.07) is 6.62. The van der Waals surface area contributed by atoms with E-state index >= 15 is 0 Å². The maximum Gasteiger partial charge on any atom is 0.479 e. The number of ether oxygens (including phenoxy) is 2. The van der Waals surface area contributed by atoms with E-state index in [1.807, 2.05) is 0 Å². The van der Waals surface area contributed by atoms with Gasteiger partial charge in [-0.25, -0.2) is 13.7 Å². The molecule has 1 aliphatic rings. The van der Waals surface area contributed by atoms with Crippen LogP contribution in [-0.4, -0.2) is 39.3 Å². The Kier molecular flexibility index (Phi) is 22.5. The minimum atomic E-state index is -4.90. The van der Waals surface area contributed by atoms with Crippen molar-refractivity contribution >= 4 is 21.4 Å². The van der Waals surface area contributed by atoms with Crippen LogP contribution in [0.5, 0.6) is 5.75 Å². The summed E-state index contributed by atoms with van der Waals surface area (Å²) in [6.45, 7) is 5.35. The number of rotatable bonds is 31. The van der Waals surface area contributed by atoms with E-state index in [1.54, 1.807) is 43.3 Å². The van der Waals surface area contributed by atoms with Gasteiger partial charge in [0.05, 0.1) is 19.4 Å². The zero-order chi connectivity index (χ0) is 40.7. The molecule has 2 unspecified atom stereocenters. The van der Waals surface area contributed by atoms with Crippen LogP contribution in [0.25, 0.3) is 0 Å². The van der Waals surface area contributed by atoms with Crippen molar-refractivity contribution in [2.75, 3.05) is 12.8 Å². The van der Waals surface area contributed by atoms with E-state index in [0.29, 0.717) is 29.7 Å². The number of nitrogens with zero attached hydrogens (tertiary/aromatic N) is 1. The molecule has 0 fully saturated rings. The van der Waals surface area contributed by atoms with Gasteiger partial charge in [0.25, 0.3) is 5.56 Å². The predicted octanol–water partition coefficient (Wildman–Crippen LogP) is 10.6. The van der Waals surface area contributed by atoms with Crippen molar-refractivity contribution in [3.05, 3.63) is 74.6 Å². The molecule has 0 saturated heterocycles.